The van der Waals surface area contributed by atoms with Crippen molar-refractivity contribution in [1.29, 1.82) is 0 Å². The molecule has 1 heterocycles. The van der Waals surface area contributed by atoms with E-state index in [9.17, 15) is 4.79 Å². The van der Waals surface area contributed by atoms with Crippen LogP contribution in [0.15, 0.2) is 47.3 Å². The molecule has 3 rings (SSSR count). The Morgan fingerprint density at radius 2 is 1.95 bits per heavy atom. The smallest absolute Gasteiger partial charge is 0.323 e. The number of nitrogens with one attached hydrogen (secondary N) is 2. The first-order valence-corrected chi connectivity index (χ1v) is 7.56. The summed E-state index contributed by atoms with van der Waals surface area (Å²) < 4.78 is 5.24. The van der Waals surface area contributed by atoms with E-state index in [1.165, 1.54) is 5.56 Å². The summed E-state index contributed by atoms with van der Waals surface area (Å²) in [6.07, 6.45) is 0.845. The summed E-state index contributed by atoms with van der Waals surface area (Å²) in [5, 5.41) is 0. The van der Waals surface area contributed by atoms with Gasteiger partial charge in [0.25, 0.3) is 0 Å². The second-order valence-electron chi connectivity index (χ2n) is 4.91. The summed E-state index contributed by atoms with van der Waals surface area (Å²) >= 11 is 3.72. The van der Waals surface area contributed by atoms with Crippen molar-refractivity contribution in [3.05, 3.63) is 64.1 Å². The Morgan fingerprint density at radius 3 is 2.76 bits per heavy atom. The van der Waals surface area contributed by atoms with Gasteiger partial charge in [0.15, 0.2) is 0 Å². The van der Waals surface area contributed by atoms with Crippen molar-refractivity contribution in [3.8, 4) is 5.75 Å². The van der Waals surface area contributed by atoms with Crippen LogP contribution in [0.4, 0.5) is 0 Å². The number of methoxy groups -OCH3 is 1. The van der Waals surface area contributed by atoms with Crippen molar-refractivity contribution in [2.24, 2.45) is 0 Å². The average Bonchev–Trinajstić information content (AvgIpc) is 2.86. The maximum Gasteiger partial charge on any atom is 0.323 e. The van der Waals surface area contributed by atoms with Gasteiger partial charge in [0.1, 0.15) is 5.75 Å². The molecule has 0 spiro atoms. The Morgan fingerprint density at radius 1 is 1.14 bits per heavy atom. The molecule has 108 valence electrons. The lowest BCUT2D eigenvalue weighted by Crippen LogP contribution is -1.99. The van der Waals surface area contributed by atoms with E-state index in [-0.39, 0.29) is 10.5 Å². The molecule has 4 nitrogen and oxygen atoms in total. The molecule has 1 unspecified atom stereocenters. The van der Waals surface area contributed by atoms with Crippen LogP contribution in [0.25, 0.3) is 11.0 Å². The summed E-state index contributed by atoms with van der Waals surface area (Å²) in [6, 6.07) is 14.0. The number of hydrogen-bond donors (Lipinski definition) is 2. The number of halogens is 1. The Labute approximate surface area is 130 Å². The highest BCUT2D eigenvalue weighted by molar-refractivity contribution is 9.09. The number of hydrogen-bond acceptors (Lipinski definition) is 2. The van der Waals surface area contributed by atoms with Gasteiger partial charge in [-0.25, -0.2) is 4.79 Å². The molecule has 0 fully saturated rings. The predicted molar refractivity (Wildman–Crippen MR) is 87.3 cm³/mol. The second kappa shape index (κ2) is 5.77. The van der Waals surface area contributed by atoms with Crippen LogP contribution in [0.1, 0.15) is 16.0 Å². The van der Waals surface area contributed by atoms with E-state index in [2.05, 4.69) is 32.0 Å². The number of imidazole rings is 1. The fraction of sp³-hybridized carbons (Fsp3) is 0.188. The van der Waals surface area contributed by atoms with Crippen molar-refractivity contribution in [1.82, 2.24) is 9.97 Å². The van der Waals surface area contributed by atoms with Crippen LogP contribution in [0.3, 0.4) is 0 Å². The van der Waals surface area contributed by atoms with Crippen LogP contribution in [0, 0.1) is 0 Å². The Hall–Kier alpha value is -2.01. The van der Waals surface area contributed by atoms with Crippen molar-refractivity contribution in [3.63, 3.8) is 0 Å². The van der Waals surface area contributed by atoms with Gasteiger partial charge >= 0.3 is 5.69 Å². The molecule has 0 bridgehead atoms. The predicted octanol–water partition coefficient (Wildman–Crippen LogP) is 3.54. The van der Waals surface area contributed by atoms with Crippen molar-refractivity contribution < 1.29 is 4.74 Å². The fourth-order valence-electron chi connectivity index (χ4n) is 2.37. The molecule has 0 radical (unpaired) electrons. The first kappa shape index (κ1) is 13.9. The second-order valence-corrected chi connectivity index (χ2v) is 6.01. The van der Waals surface area contributed by atoms with Gasteiger partial charge in [-0.05, 0) is 41.8 Å². The van der Waals surface area contributed by atoms with Crippen LogP contribution >= 0.6 is 15.9 Å². The molecule has 1 atom stereocenters. The van der Waals surface area contributed by atoms with E-state index in [1.54, 1.807) is 7.11 Å². The molecule has 3 aromatic rings. The van der Waals surface area contributed by atoms with E-state index in [0.717, 1.165) is 28.8 Å². The molecule has 2 aromatic carbocycles. The third kappa shape index (κ3) is 3.03. The average molecular weight is 347 g/mol. The minimum absolute atomic E-state index is 0.174. The van der Waals surface area contributed by atoms with E-state index >= 15 is 0 Å². The third-order valence-electron chi connectivity index (χ3n) is 3.45. The quantitative estimate of drug-likeness (QED) is 0.709. The van der Waals surface area contributed by atoms with Gasteiger partial charge in [0.2, 0.25) is 0 Å². The van der Waals surface area contributed by atoms with Crippen molar-refractivity contribution in [2.75, 3.05) is 7.11 Å². The zero-order valence-electron chi connectivity index (χ0n) is 11.5. The highest BCUT2D eigenvalue weighted by Crippen LogP contribution is 2.29. The lowest BCUT2D eigenvalue weighted by Gasteiger charge is -2.11. The number of rotatable bonds is 4. The van der Waals surface area contributed by atoms with Crippen molar-refractivity contribution in [2.45, 2.75) is 11.2 Å². The Balaban J connectivity index is 1.85. The van der Waals surface area contributed by atoms with Crippen LogP contribution < -0.4 is 10.4 Å². The third-order valence-corrected chi connectivity index (χ3v) is 4.30. The van der Waals surface area contributed by atoms with E-state index in [1.807, 2.05) is 36.4 Å². The molecule has 0 saturated carbocycles. The molecular weight excluding hydrogens is 332 g/mol. The maximum atomic E-state index is 11.3. The van der Waals surface area contributed by atoms with Gasteiger partial charge < -0.3 is 14.7 Å². The van der Waals surface area contributed by atoms with Crippen LogP contribution in [-0.2, 0) is 6.42 Å². The molecule has 0 aliphatic rings. The maximum absolute atomic E-state index is 11.3. The first-order chi connectivity index (χ1) is 10.2. The number of aromatic amines is 2. The topological polar surface area (TPSA) is 57.9 Å². The summed E-state index contributed by atoms with van der Waals surface area (Å²) in [4.78, 5) is 17.0. The molecule has 1 aromatic heterocycles. The van der Waals surface area contributed by atoms with E-state index in [4.69, 9.17) is 4.74 Å². The molecule has 5 heteroatoms. The standard InChI is InChI=1S/C16H15BrN2O2/c1-21-12-4-2-3-10(7-12)8-13(17)11-5-6-14-15(9-11)19-16(20)18-14/h2-7,9,13H,8H2,1H3,(H2,18,19,20). The van der Waals surface area contributed by atoms with Gasteiger partial charge in [-0.15, -0.1) is 0 Å². The van der Waals surface area contributed by atoms with E-state index in [0.29, 0.717) is 0 Å². The zero-order chi connectivity index (χ0) is 14.8. The molecule has 21 heavy (non-hydrogen) atoms. The molecule has 2 N–H and O–H groups in total. The number of alkyl halides is 1. The number of aromatic nitrogens is 2. The zero-order valence-corrected chi connectivity index (χ0v) is 13.1. The normalized spacial score (nSPS) is 12.5. The van der Waals surface area contributed by atoms with Gasteiger partial charge in [-0.1, -0.05) is 34.1 Å². The summed E-state index contributed by atoms with van der Waals surface area (Å²) in [5.41, 5.74) is 3.79. The summed E-state index contributed by atoms with van der Waals surface area (Å²) in [7, 11) is 1.67. The molecule has 0 aliphatic heterocycles. The summed E-state index contributed by atoms with van der Waals surface area (Å²) in [5.74, 6) is 0.859. The van der Waals surface area contributed by atoms with Crippen LogP contribution in [-0.4, -0.2) is 17.1 Å². The SMILES string of the molecule is COc1cccc(CC(Br)c2ccc3[nH]c(=O)[nH]c3c2)c1. The van der Waals surface area contributed by atoms with Gasteiger partial charge in [0.05, 0.1) is 18.1 Å². The highest BCUT2D eigenvalue weighted by atomic mass is 79.9. The highest BCUT2D eigenvalue weighted by Gasteiger charge is 2.10. The van der Waals surface area contributed by atoms with Crippen LogP contribution in [0.2, 0.25) is 0 Å². The number of fused-ring (bicyclic) bond motifs is 1. The first-order valence-electron chi connectivity index (χ1n) is 6.64. The van der Waals surface area contributed by atoms with Gasteiger partial charge in [0, 0.05) is 4.83 Å². The Bertz CT molecular complexity index is 822. The molecule has 0 aliphatic carbocycles. The lowest BCUT2D eigenvalue weighted by atomic mass is 10.0. The minimum atomic E-state index is -0.180. The number of H-pyrrole nitrogens is 2. The number of benzene rings is 2. The lowest BCUT2D eigenvalue weighted by molar-refractivity contribution is 0.414. The van der Waals surface area contributed by atoms with Crippen LogP contribution in [0.5, 0.6) is 5.75 Å². The van der Waals surface area contributed by atoms with E-state index < -0.39 is 0 Å². The molecule has 0 saturated heterocycles. The molecule has 0 amide bonds. The van der Waals surface area contributed by atoms with Crippen molar-refractivity contribution >= 4 is 27.0 Å². The fourth-order valence-corrected chi connectivity index (χ4v) is 3.03. The van der Waals surface area contributed by atoms with Gasteiger partial charge in [-0.2, -0.15) is 0 Å². The molecular formula is C16H15BrN2O2. The number of ether oxygens (including phenoxy) is 1. The monoisotopic (exact) mass is 346 g/mol. The van der Waals surface area contributed by atoms with Gasteiger partial charge in [-0.3, -0.25) is 0 Å². The Kier molecular flexibility index (Phi) is 3.84. The minimum Gasteiger partial charge on any atom is -0.497 e. The largest absolute Gasteiger partial charge is 0.497 e. The summed E-state index contributed by atoms with van der Waals surface area (Å²) in [6.45, 7) is 0.